The number of morpholine rings is 1. The molecule has 1 heterocycles. The van der Waals surface area contributed by atoms with Gasteiger partial charge in [0.2, 0.25) is 5.91 Å². The van der Waals surface area contributed by atoms with Crippen LogP contribution in [0.1, 0.15) is 22.8 Å². The minimum absolute atomic E-state index is 0.134. The van der Waals surface area contributed by atoms with Gasteiger partial charge in [0.25, 0.3) is 5.91 Å². The molecule has 1 saturated heterocycles. The van der Waals surface area contributed by atoms with Crippen molar-refractivity contribution in [3.63, 3.8) is 0 Å². The lowest BCUT2D eigenvalue weighted by Crippen LogP contribution is -2.47. The number of hydrogen-bond donors (Lipinski definition) is 2. The number of nitrogens with one attached hydrogen (secondary N) is 2. The van der Waals surface area contributed by atoms with Gasteiger partial charge in [0, 0.05) is 24.3 Å². The highest BCUT2D eigenvalue weighted by Crippen LogP contribution is 2.36. The topological polar surface area (TPSA) is 70.7 Å². The average molecular weight is 498 g/mol. The van der Waals surface area contributed by atoms with Gasteiger partial charge in [-0.2, -0.15) is 13.2 Å². The summed E-state index contributed by atoms with van der Waals surface area (Å²) in [5, 5.41) is 5.02. The zero-order valence-corrected chi connectivity index (χ0v) is 19.6. The third-order valence-electron chi connectivity index (χ3n) is 6.07. The van der Waals surface area contributed by atoms with E-state index in [0.717, 1.165) is 23.3 Å². The van der Waals surface area contributed by atoms with E-state index in [9.17, 15) is 22.8 Å². The second kappa shape index (κ2) is 10.9. The Labute approximate surface area is 207 Å². The lowest BCUT2D eigenvalue weighted by molar-refractivity contribution is -0.137. The summed E-state index contributed by atoms with van der Waals surface area (Å²) in [5.41, 5.74) is 1.01. The zero-order valence-electron chi connectivity index (χ0n) is 19.6. The molecule has 0 radical (unpaired) electrons. The molecule has 1 atom stereocenters. The van der Waals surface area contributed by atoms with Crippen molar-refractivity contribution in [3.8, 4) is 11.1 Å². The van der Waals surface area contributed by atoms with Crippen LogP contribution >= 0.6 is 0 Å². The Bertz CT molecular complexity index is 1210. The van der Waals surface area contributed by atoms with Crippen molar-refractivity contribution in [2.45, 2.75) is 19.1 Å². The van der Waals surface area contributed by atoms with Gasteiger partial charge in [-0.25, -0.2) is 0 Å². The van der Waals surface area contributed by atoms with Gasteiger partial charge in [0.05, 0.1) is 30.5 Å². The van der Waals surface area contributed by atoms with Crippen LogP contribution in [0, 0.1) is 0 Å². The molecular formula is C27H26F3N3O3. The first-order valence-electron chi connectivity index (χ1n) is 11.5. The summed E-state index contributed by atoms with van der Waals surface area (Å²) >= 11 is 0. The Morgan fingerprint density at radius 2 is 1.53 bits per heavy atom. The summed E-state index contributed by atoms with van der Waals surface area (Å²) in [6, 6.07) is 19.0. The number of hydrogen-bond acceptors (Lipinski definition) is 4. The highest BCUT2D eigenvalue weighted by Gasteiger charge is 2.35. The highest BCUT2D eigenvalue weighted by atomic mass is 19.4. The van der Waals surface area contributed by atoms with Gasteiger partial charge >= 0.3 is 6.18 Å². The number of nitrogens with zero attached hydrogens (tertiary/aromatic N) is 1. The number of ether oxygens (including phenoxy) is 1. The molecule has 3 aromatic carbocycles. The molecule has 4 rings (SSSR count). The molecule has 2 amide bonds. The van der Waals surface area contributed by atoms with Crippen LogP contribution in [0.2, 0.25) is 0 Å². The van der Waals surface area contributed by atoms with E-state index >= 15 is 0 Å². The molecule has 0 aliphatic carbocycles. The third-order valence-corrected chi connectivity index (χ3v) is 6.07. The summed E-state index contributed by atoms with van der Waals surface area (Å²) < 4.78 is 46.1. The van der Waals surface area contributed by atoms with Crippen LogP contribution in [0.15, 0.2) is 72.8 Å². The molecule has 3 aromatic rings. The summed E-state index contributed by atoms with van der Waals surface area (Å²) in [6.45, 7) is 3.58. The van der Waals surface area contributed by atoms with Gasteiger partial charge in [-0.15, -0.1) is 0 Å². The molecule has 1 fully saturated rings. The summed E-state index contributed by atoms with van der Waals surface area (Å²) in [6.07, 6.45) is -4.68. The van der Waals surface area contributed by atoms with E-state index in [1.165, 1.54) is 6.07 Å². The van der Waals surface area contributed by atoms with Crippen molar-refractivity contribution in [2.75, 3.05) is 36.9 Å². The maximum Gasteiger partial charge on any atom is 0.418 e. The van der Waals surface area contributed by atoms with Crippen molar-refractivity contribution in [1.82, 2.24) is 4.90 Å². The van der Waals surface area contributed by atoms with Gasteiger partial charge in [0.1, 0.15) is 0 Å². The van der Waals surface area contributed by atoms with Gasteiger partial charge in [-0.3, -0.25) is 14.5 Å². The first kappa shape index (κ1) is 25.4. The van der Waals surface area contributed by atoms with Gasteiger partial charge in [0.15, 0.2) is 0 Å². The van der Waals surface area contributed by atoms with E-state index < -0.39 is 35.3 Å². The SMILES string of the molecule is C[C@H](C(=O)Nc1cc(NC(=O)c2ccc(-c3ccccc3)cc2)ccc1C(F)(F)F)N1CCOCC1. The van der Waals surface area contributed by atoms with Crippen LogP contribution in [0.25, 0.3) is 11.1 Å². The van der Waals surface area contributed by atoms with E-state index in [4.69, 9.17) is 4.74 Å². The van der Waals surface area contributed by atoms with Crippen molar-refractivity contribution in [2.24, 2.45) is 0 Å². The quantitative estimate of drug-likeness (QED) is 0.486. The number of anilines is 2. The molecule has 9 heteroatoms. The standard InChI is InChI=1S/C27H26F3N3O3/c1-18(33-13-15-36-16-14-33)25(34)32-24-17-22(11-12-23(24)27(28,29)30)31-26(35)21-9-7-20(8-10-21)19-5-3-2-4-6-19/h2-12,17-18H,13-16H2,1H3,(H,31,35)(H,32,34)/t18-/m1/s1. The number of rotatable bonds is 6. The number of amides is 2. The Kier molecular flexibility index (Phi) is 7.71. The summed E-state index contributed by atoms with van der Waals surface area (Å²) in [5.74, 6) is -1.05. The van der Waals surface area contributed by atoms with E-state index in [0.29, 0.717) is 31.9 Å². The largest absolute Gasteiger partial charge is 0.418 e. The lowest BCUT2D eigenvalue weighted by atomic mass is 10.0. The summed E-state index contributed by atoms with van der Waals surface area (Å²) in [7, 11) is 0. The zero-order chi connectivity index (χ0) is 25.7. The maximum atomic E-state index is 13.6. The first-order chi connectivity index (χ1) is 17.2. The fourth-order valence-electron chi connectivity index (χ4n) is 3.99. The Morgan fingerprint density at radius 1 is 0.889 bits per heavy atom. The normalized spacial score (nSPS) is 15.2. The average Bonchev–Trinajstić information content (AvgIpc) is 2.88. The van der Waals surface area contributed by atoms with Crippen molar-refractivity contribution in [3.05, 3.63) is 83.9 Å². The van der Waals surface area contributed by atoms with Crippen molar-refractivity contribution < 1.29 is 27.5 Å². The van der Waals surface area contributed by atoms with Gasteiger partial charge < -0.3 is 15.4 Å². The minimum atomic E-state index is -4.68. The number of halogens is 3. The molecule has 0 saturated carbocycles. The molecule has 0 spiro atoms. The van der Waals surface area contributed by atoms with Crippen LogP contribution in [0.5, 0.6) is 0 Å². The Morgan fingerprint density at radius 3 is 2.17 bits per heavy atom. The fourth-order valence-corrected chi connectivity index (χ4v) is 3.99. The van der Waals surface area contributed by atoms with Gasteiger partial charge in [-0.05, 0) is 48.4 Å². The van der Waals surface area contributed by atoms with Crippen LogP contribution < -0.4 is 10.6 Å². The number of carbonyl (C=O) groups is 2. The molecule has 0 aromatic heterocycles. The molecule has 2 N–H and O–H groups in total. The monoisotopic (exact) mass is 497 g/mol. The highest BCUT2D eigenvalue weighted by molar-refractivity contribution is 6.05. The number of alkyl halides is 3. The van der Waals surface area contributed by atoms with Crippen LogP contribution in [-0.2, 0) is 15.7 Å². The molecule has 0 unspecified atom stereocenters. The first-order valence-corrected chi connectivity index (χ1v) is 11.5. The predicted molar refractivity (Wildman–Crippen MR) is 132 cm³/mol. The minimum Gasteiger partial charge on any atom is -0.379 e. The number of benzene rings is 3. The van der Waals surface area contributed by atoms with Crippen molar-refractivity contribution in [1.29, 1.82) is 0 Å². The number of carbonyl (C=O) groups excluding carboxylic acids is 2. The molecule has 1 aliphatic rings. The van der Waals surface area contributed by atoms with Crippen molar-refractivity contribution >= 4 is 23.2 Å². The predicted octanol–water partition coefficient (Wildman–Crippen LogP) is 5.28. The lowest BCUT2D eigenvalue weighted by Gasteiger charge is -2.31. The fraction of sp³-hybridized carbons (Fsp3) is 0.259. The van der Waals surface area contributed by atoms with Crippen LogP contribution in [0.3, 0.4) is 0 Å². The Balaban J connectivity index is 1.50. The molecule has 6 nitrogen and oxygen atoms in total. The molecular weight excluding hydrogens is 471 g/mol. The summed E-state index contributed by atoms with van der Waals surface area (Å²) in [4.78, 5) is 27.3. The third kappa shape index (κ3) is 6.10. The van der Waals surface area contributed by atoms with E-state index in [1.54, 1.807) is 31.2 Å². The van der Waals surface area contributed by atoms with E-state index in [2.05, 4.69) is 10.6 Å². The Hall–Kier alpha value is -3.69. The van der Waals surface area contributed by atoms with Gasteiger partial charge in [-0.1, -0.05) is 42.5 Å². The molecule has 0 bridgehead atoms. The second-order valence-corrected chi connectivity index (χ2v) is 8.47. The molecule has 1 aliphatic heterocycles. The van der Waals surface area contributed by atoms with E-state index in [-0.39, 0.29) is 5.69 Å². The molecule has 36 heavy (non-hydrogen) atoms. The van der Waals surface area contributed by atoms with Crippen LogP contribution in [-0.4, -0.2) is 49.1 Å². The molecule has 188 valence electrons. The maximum absolute atomic E-state index is 13.6. The van der Waals surface area contributed by atoms with Crippen LogP contribution in [0.4, 0.5) is 24.5 Å². The second-order valence-electron chi connectivity index (χ2n) is 8.47. The smallest absolute Gasteiger partial charge is 0.379 e. The van der Waals surface area contributed by atoms with E-state index in [1.807, 2.05) is 35.2 Å².